The minimum Gasteiger partial charge on any atom is -0.444 e. The van der Waals surface area contributed by atoms with Gasteiger partial charge in [0, 0.05) is 33.7 Å². The van der Waals surface area contributed by atoms with E-state index in [-0.39, 0.29) is 30.1 Å². The number of hydrogen-bond donors (Lipinski definition) is 1. The van der Waals surface area contributed by atoms with Crippen LogP contribution in [0.1, 0.15) is 39.2 Å². The van der Waals surface area contributed by atoms with Gasteiger partial charge in [-0.2, -0.15) is 0 Å². The standard InChI is InChI=1S/C21H34N4O2.HI/c1-21(2,3)27-20(26)25-13-9-12-18(16-25)15-23-19(24(4)5)22-14-17-10-7-6-8-11-17;/h6-8,10-11,18H,9,12-16H2,1-5H3,(H,22,23);1H. The number of ether oxygens (including phenoxy) is 1. The van der Waals surface area contributed by atoms with E-state index >= 15 is 0 Å². The molecule has 1 fully saturated rings. The normalized spacial score (nSPS) is 17.5. The molecule has 0 saturated carbocycles. The van der Waals surface area contributed by atoms with Crippen LogP contribution in [0.3, 0.4) is 0 Å². The molecular formula is C21H35IN4O2. The highest BCUT2D eigenvalue weighted by molar-refractivity contribution is 14.0. The van der Waals surface area contributed by atoms with E-state index in [2.05, 4.69) is 17.4 Å². The maximum atomic E-state index is 12.3. The number of piperidine rings is 1. The van der Waals surface area contributed by atoms with Gasteiger partial charge in [-0.3, -0.25) is 0 Å². The largest absolute Gasteiger partial charge is 0.444 e. The fraction of sp³-hybridized carbons (Fsp3) is 0.619. The number of likely N-dealkylation sites (tertiary alicyclic amines) is 1. The molecule has 1 atom stereocenters. The summed E-state index contributed by atoms with van der Waals surface area (Å²) >= 11 is 0. The number of carbonyl (C=O) groups excluding carboxylic acids is 1. The lowest BCUT2D eigenvalue weighted by Crippen LogP contribution is -2.47. The number of rotatable bonds is 4. The second-order valence-electron chi connectivity index (χ2n) is 8.34. The molecule has 28 heavy (non-hydrogen) atoms. The van der Waals surface area contributed by atoms with Crippen molar-refractivity contribution < 1.29 is 9.53 Å². The highest BCUT2D eigenvalue weighted by atomic mass is 127. The number of hydrogen-bond acceptors (Lipinski definition) is 3. The third-order valence-corrected chi connectivity index (χ3v) is 4.40. The predicted octanol–water partition coefficient (Wildman–Crippen LogP) is 3.96. The van der Waals surface area contributed by atoms with Crippen LogP contribution < -0.4 is 5.32 Å². The maximum Gasteiger partial charge on any atom is 0.410 e. The molecule has 7 heteroatoms. The Bertz CT molecular complexity index is 629. The average Bonchev–Trinajstić information content (AvgIpc) is 2.61. The molecule has 1 saturated heterocycles. The molecule has 0 bridgehead atoms. The lowest BCUT2D eigenvalue weighted by atomic mass is 9.98. The molecule has 0 radical (unpaired) electrons. The number of halogens is 1. The summed E-state index contributed by atoms with van der Waals surface area (Å²) in [6, 6.07) is 10.2. The van der Waals surface area contributed by atoms with Gasteiger partial charge in [0.15, 0.2) is 5.96 Å². The quantitative estimate of drug-likeness (QED) is 0.385. The topological polar surface area (TPSA) is 57.2 Å². The first kappa shape index (κ1) is 24.5. The number of nitrogens with zero attached hydrogens (tertiary/aromatic N) is 3. The second kappa shape index (κ2) is 11.5. The number of amides is 1. The molecule has 1 aliphatic rings. The second-order valence-corrected chi connectivity index (χ2v) is 8.34. The van der Waals surface area contributed by atoms with Gasteiger partial charge in [-0.1, -0.05) is 30.3 Å². The van der Waals surface area contributed by atoms with Gasteiger partial charge >= 0.3 is 6.09 Å². The predicted molar refractivity (Wildman–Crippen MR) is 125 cm³/mol. The van der Waals surface area contributed by atoms with Crippen LogP contribution in [0.2, 0.25) is 0 Å². The Labute approximate surface area is 186 Å². The zero-order valence-electron chi connectivity index (χ0n) is 17.8. The highest BCUT2D eigenvalue weighted by Crippen LogP contribution is 2.19. The number of carbonyl (C=O) groups is 1. The summed E-state index contributed by atoms with van der Waals surface area (Å²) in [6.07, 6.45) is 1.90. The molecule has 0 aromatic heterocycles. The van der Waals surface area contributed by atoms with E-state index in [0.717, 1.165) is 38.4 Å². The van der Waals surface area contributed by atoms with Crippen LogP contribution in [-0.4, -0.2) is 61.2 Å². The molecule has 2 rings (SSSR count). The molecule has 1 aliphatic heterocycles. The van der Waals surface area contributed by atoms with E-state index in [9.17, 15) is 4.79 Å². The van der Waals surface area contributed by atoms with Crippen molar-refractivity contribution in [2.75, 3.05) is 33.7 Å². The smallest absolute Gasteiger partial charge is 0.410 e. The van der Waals surface area contributed by atoms with E-state index in [1.54, 1.807) is 0 Å². The van der Waals surface area contributed by atoms with Crippen LogP contribution in [0.4, 0.5) is 4.79 Å². The van der Waals surface area contributed by atoms with Crippen molar-refractivity contribution in [2.24, 2.45) is 10.9 Å². The summed E-state index contributed by atoms with van der Waals surface area (Å²) in [5, 5.41) is 3.46. The molecule has 1 unspecified atom stereocenters. The van der Waals surface area contributed by atoms with Crippen LogP contribution in [0, 0.1) is 5.92 Å². The van der Waals surface area contributed by atoms with Gasteiger partial charge in [-0.15, -0.1) is 24.0 Å². The summed E-state index contributed by atoms with van der Waals surface area (Å²) < 4.78 is 5.51. The summed E-state index contributed by atoms with van der Waals surface area (Å²) in [6.45, 7) is 8.65. The van der Waals surface area contributed by atoms with Gasteiger partial charge < -0.3 is 19.9 Å². The Morgan fingerprint density at radius 1 is 1.29 bits per heavy atom. The minimum atomic E-state index is -0.454. The van der Waals surface area contributed by atoms with Crippen molar-refractivity contribution in [3.8, 4) is 0 Å². The van der Waals surface area contributed by atoms with Crippen molar-refractivity contribution >= 4 is 36.0 Å². The van der Waals surface area contributed by atoms with Crippen molar-refractivity contribution in [1.82, 2.24) is 15.1 Å². The zero-order valence-corrected chi connectivity index (χ0v) is 20.1. The van der Waals surface area contributed by atoms with E-state index < -0.39 is 5.60 Å². The van der Waals surface area contributed by atoms with E-state index in [1.165, 1.54) is 5.56 Å². The van der Waals surface area contributed by atoms with Crippen molar-refractivity contribution in [2.45, 2.75) is 45.8 Å². The van der Waals surface area contributed by atoms with Gasteiger partial charge in [-0.25, -0.2) is 9.79 Å². The third kappa shape index (κ3) is 8.67. The molecular weight excluding hydrogens is 467 g/mol. The fourth-order valence-electron chi connectivity index (χ4n) is 3.06. The number of benzene rings is 1. The van der Waals surface area contributed by atoms with Crippen LogP contribution in [0.15, 0.2) is 35.3 Å². The van der Waals surface area contributed by atoms with Gasteiger partial charge in [-0.05, 0) is 45.1 Å². The summed E-state index contributed by atoms with van der Waals surface area (Å²) in [5.74, 6) is 1.27. The van der Waals surface area contributed by atoms with Crippen molar-refractivity contribution in [3.05, 3.63) is 35.9 Å². The van der Waals surface area contributed by atoms with Crippen LogP contribution in [0.25, 0.3) is 0 Å². The van der Waals surface area contributed by atoms with Gasteiger partial charge in [0.25, 0.3) is 0 Å². The zero-order chi connectivity index (χ0) is 19.9. The maximum absolute atomic E-state index is 12.3. The fourth-order valence-corrected chi connectivity index (χ4v) is 3.06. The SMILES string of the molecule is CN(C)C(=NCc1ccccc1)NCC1CCCN(C(=O)OC(C)(C)C)C1.I. The number of nitrogens with one attached hydrogen (secondary N) is 1. The Hall–Kier alpha value is -1.51. The van der Waals surface area contributed by atoms with Crippen molar-refractivity contribution in [1.29, 1.82) is 0 Å². The lowest BCUT2D eigenvalue weighted by molar-refractivity contribution is 0.0168. The number of aliphatic imine (C=N–C) groups is 1. The first-order valence-corrected chi connectivity index (χ1v) is 9.72. The highest BCUT2D eigenvalue weighted by Gasteiger charge is 2.27. The monoisotopic (exact) mass is 502 g/mol. The number of guanidine groups is 1. The molecule has 1 aromatic rings. The van der Waals surface area contributed by atoms with Gasteiger partial charge in [0.05, 0.1) is 6.54 Å². The molecule has 0 spiro atoms. The average molecular weight is 502 g/mol. The Morgan fingerprint density at radius 3 is 2.57 bits per heavy atom. The Kier molecular flexibility index (Phi) is 10.1. The molecule has 1 N–H and O–H groups in total. The molecule has 1 heterocycles. The van der Waals surface area contributed by atoms with E-state index in [4.69, 9.17) is 9.73 Å². The summed E-state index contributed by atoms with van der Waals surface area (Å²) in [5.41, 5.74) is 0.734. The summed E-state index contributed by atoms with van der Waals surface area (Å²) in [4.78, 5) is 20.9. The molecule has 1 aromatic carbocycles. The third-order valence-electron chi connectivity index (χ3n) is 4.40. The van der Waals surface area contributed by atoms with Gasteiger partial charge in [0.2, 0.25) is 0 Å². The van der Waals surface area contributed by atoms with Crippen LogP contribution in [0.5, 0.6) is 0 Å². The minimum absolute atomic E-state index is 0. The van der Waals surface area contributed by atoms with Crippen LogP contribution >= 0.6 is 24.0 Å². The lowest BCUT2D eigenvalue weighted by Gasteiger charge is -2.34. The Morgan fingerprint density at radius 2 is 1.96 bits per heavy atom. The van der Waals surface area contributed by atoms with Crippen molar-refractivity contribution in [3.63, 3.8) is 0 Å². The first-order valence-electron chi connectivity index (χ1n) is 9.72. The Balaban J connectivity index is 0.00000392. The molecule has 1 amide bonds. The molecule has 158 valence electrons. The molecule has 6 nitrogen and oxygen atoms in total. The van der Waals surface area contributed by atoms with Gasteiger partial charge in [0.1, 0.15) is 5.60 Å². The van der Waals surface area contributed by atoms with E-state index in [0.29, 0.717) is 12.5 Å². The summed E-state index contributed by atoms with van der Waals surface area (Å²) in [7, 11) is 3.98. The van der Waals surface area contributed by atoms with E-state index in [1.807, 2.05) is 62.9 Å². The first-order chi connectivity index (χ1) is 12.7. The molecule has 0 aliphatic carbocycles. The van der Waals surface area contributed by atoms with Crippen LogP contribution in [-0.2, 0) is 11.3 Å².